The van der Waals surface area contributed by atoms with Crippen molar-refractivity contribution in [1.29, 1.82) is 0 Å². The van der Waals surface area contributed by atoms with Crippen molar-refractivity contribution in [3.63, 3.8) is 0 Å². The quantitative estimate of drug-likeness (QED) is 0.669. The number of nitrogens with two attached hydrogens (primary N) is 1. The molecule has 0 saturated carbocycles. The predicted molar refractivity (Wildman–Crippen MR) is 71.9 cm³/mol. The van der Waals surface area contributed by atoms with E-state index in [1.165, 1.54) is 5.56 Å². The van der Waals surface area contributed by atoms with Crippen molar-refractivity contribution in [3.8, 4) is 0 Å². The molecule has 0 aliphatic carbocycles. The zero-order valence-electron chi connectivity index (χ0n) is 10.8. The molecule has 0 radical (unpaired) electrons. The Morgan fingerprint density at radius 1 is 1.29 bits per heavy atom. The van der Waals surface area contributed by atoms with Gasteiger partial charge >= 0.3 is 0 Å². The summed E-state index contributed by atoms with van der Waals surface area (Å²) >= 11 is 0. The fourth-order valence-corrected chi connectivity index (χ4v) is 1.64. The maximum absolute atomic E-state index is 9.94. The summed E-state index contributed by atoms with van der Waals surface area (Å²) in [5, 5.41) is 13.2. The molecule has 1 unspecified atom stereocenters. The molecule has 1 aromatic carbocycles. The van der Waals surface area contributed by atoms with Crippen LogP contribution < -0.4 is 11.1 Å². The molecule has 0 fully saturated rings. The Labute approximate surface area is 104 Å². The number of benzene rings is 1. The van der Waals surface area contributed by atoms with Gasteiger partial charge in [-0.15, -0.1) is 0 Å². The Morgan fingerprint density at radius 2 is 1.94 bits per heavy atom. The number of hydrogen-bond acceptors (Lipinski definition) is 3. The van der Waals surface area contributed by atoms with E-state index < -0.39 is 6.10 Å². The van der Waals surface area contributed by atoms with E-state index in [1.807, 2.05) is 30.3 Å². The molecule has 17 heavy (non-hydrogen) atoms. The fraction of sp³-hybridized carbons (Fsp3) is 0.571. The lowest BCUT2D eigenvalue weighted by Crippen LogP contribution is -2.45. The van der Waals surface area contributed by atoms with Crippen LogP contribution in [0.1, 0.15) is 25.8 Å². The average molecular weight is 236 g/mol. The highest BCUT2D eigenvalue weighted by Gasteiger charge is 2.15. The highest BCUT2D eigenvalue weighted by atomic mass is 16.3. The van der Waals surface area contributed by atoms with Gasteiger partial charge in [0.2, 0.25) is 0 Å². The molecule has 0 heterocycles. The molecule has 1 rings (SSSR count). The Hall–Kier alpha value is -0.900. The first-order valence-electron chi connectivity index (χ1n) is 6.34. The van der Waals surface area contributed by atoms with Crippen LogP contribution in [0.15, 0.2) is 30.3 Å². The second kappa shape index (κ2) is 7.43. The Morgan fingerprint density at radius 3 is 2.53 bits per heavy atom. The van der Waals surface area contributed by atoms with Crippen molar-refractivity contribution >= 4 is 0 Å². The first-order valence-corrected chi connectivity index (χ1v) is 6.34. The summed E-state index contributed by atoms with van der Waals surface area (Å²) in [6.07, 6.45) is 1.27. The number of rotatable bonds is 7. The number of hydrogen-bond donors (Lipinski definition) is 3. The molecular weight excluding hydrogens is 212 g/mol. The minimum absolute atomic E-state index is 0.214. The fourth-order valence-electron chi connectivity index (χ4n) is 1.64. The van der Waals surface area contributed by atoms with Crippen LogP contribution in [-0.4, -0.2) is 29.8 Å². The van der Waals surface area contributed by atoms with E-state index in [4.69, 9.17) is 5.73 Å². The lowest BCUT2D eigenvalue weighted by Gasteiger charge is -2.21. The van der Waals surface area contributed by atoms with Crippen molar-refractivity contribution in [2.75, 3.05) is 6.54 Å². The summed E-state index contributed by atoms with van der Waals surface area (Å²) in [5.41, 5.74) is 7.16. The van der Waals surface area contributed by atoms with Gasteiger partial charge in [0.05, 0.1) is 6.10 Å². The summed E-state index contributed by atoms with van der Waals surface area (Å²) in [4.78, 5) is 0. The molecule has 1 aromatic rings. The maximum Gasteiger partial charge on any atom is 0.0818 e. The summed E-state index contributed by atoms with van der Waals surface area (Å²) < 4.78 is 0. The molecule has 3 atom stereocenters. The van der Waals surface area contributed by atoms with Gasteiger partial charge in [-0.25, -0.2) is 0 Å². The van der Waals surface area contributed by atoms with Gasteiger partial charge in [-0.1, -0.05) is 37.3 Å². The third-order valence-corrected chi connectivity index (χ3v) is 3.10. The van der Waals surface area contributed by atoms with Gasteiger partial charge in [-0.05, 0) is 25.3 Å². The van der Waals surface area contributed by atoms with Crippen molar-refractivity contribution in [3.05, 3.63) is 35.9 Å². The first kappa shape index (κ1) is 14.2. The van der Waals surface area contributed by atoms with Crippen LogP contribution in [0.4, 0.5) is 0 Å². The van der Waals surface area contributed by atoms with Gasteiger partial charge in [-0.2, -0.15) is 0 Å². The van der Waals surface area contributed by atoms with Crippen molar-refractivity contribution in [2.24, 2.45) is 5.73 Å². The number of aliphatic hydroxyl groups is 1. The zero-order chi connectivity index (χ0) is 12.7. The van der Waals surface area contributed by atoms with E-state index in [0.29, 0.717) is 19.0 Å². The predicted octanol–water partition coefficient (Wildman–Crippen LogP) is 1.31. The molecule has 0 spiro atoms. The third-order valence-electron chi connectivity index (χ3n) is 3.10. The minimum atomic E-state index is -0.496. The Bertz CT molecular complexity index is 302. The van der Waals surface area contributed by atoms with Gasteiger partial charge in [-0.3, -0.25) is 0 Å². The minimum Gasteiger partial charge on any atom is -0.390 e. The van der Waals surface area contributed by atoms with Crippen LogP contribution in [0.3, 0.4) is 0 Å². The standard InChI is InChI=1S/C14H24N2O/c1-3-11(2)16-10-14(17)13(15)9-12-7-5-4-6-8-12/h4-8,11,13-14,16-17H,3,9-10,15H2,1-2H3/t11?,13-,14+/m0/s1. The van der Waals surface area contributed by atoms with Crippen LogP contribution in [0.25, 0.3) is 0 Å². The second-order valence-electron chi connectivity index (χ2n) is 4.64. The van der Waals surface area contributed by atoms with Crippen molar-refractivity contribution in [1.82, 2.24) is 5.32 Å². The normalized spacial score (nSPS) is 16.5. The molecule has 0 aliphatic heterocycles. The Balaban J connectivity index is 2.34. The van der Waals surface area contributed by atoms with E-state index in [-0.39, 0.29) is 6.04 Å². The monoisotopic (exact) mass is 236 g/mol. The average Bonchev–Trinajstić information content (AvgIpc) is 2.36. The molecule has 3 heteroatoms. The van der Waals surface area contributed by atoms with Crippen LogP contribution in [0, 0.1) is 0 Å². The molecule has 3 nitrogen and oxygen atoms in total. The van der Waals surface area contributed by atoms with Gasteiger partial charge in [0.25, 0.3) is 0 Å². The molecule has 0 aromatic heterocycles. The lowest BCUT2D eigenvalue weighted by atomic mass is 10.0. The van der Waals surface area contributed by atoms with Crippen molar-refractivity contribution < 1.29 is 5.11 Å². The SMILES string of the molecule is CCC(C)NC[C@@H](O)[C@@H](N)Cc1ccccc1. The van der Waals surface area contributed by atoms with E-state index in [0.717, 1.165) is 6.42 Å². The maximum atomic E-state index is 9.94. The number of nitrogens with one attached hydrogen (secondary N) is 1. The van der Waals surface area contributed by atoms with E-state index in [2.05, 4.69) is 19.2 Å². The molecule has 0 aliphatic rings. The van der Waals surface area contributed by atoms with Crippen LogP contribution in [-0.2, 0) is 6.42 Å². The Kier molecular flexibility index (Phi) is 6.19. The van der Waals surface area contributed by atoms with Crippen LogP contribution in [0.5, 0.6) is 0 Å². The van der Waals surface area contributed by atoms with Gasteiger partial charge in [0, 0.05) is 18.6 Å². The molecule has 0 saturated heterocycles. The van der Waals surface area contributed by atoms with Gasteiger partial charge < -0.3 is 16.2 Å². The molecule has 0 bridgehead atoms. The molecule has 4 N–H and O–H groups in total. The second-order valence-corrected chi connectivity index (χ2v) is 4.64. The third kappa shape index (κ3) is 5.31. The zero-order valence-corrected chi connectivity index (χ0v) is 10.8. The van der Waals surface area contributed by atoms with E-state index in [1.54, 1.807) is 0 Å². The smallest absolute Gasteiger partial charge is 0.0818 e. The van der Waals surface area contributed by atoms with Crippen LogP contribution in [0.2, 0.25) is 0 Å². The van der Waals surface area contributed by atoms with Gasteiger partial charge in [0.15, 0.2) is 0 Å². The molecule has 0 amide bonds. The van der Waals surface area contributed by atoms with E-state index >= 15 is 0 Å². The largest absolute Gasteiger partial charge is 0.390 e. The summed E-state index contributed by atoms with van der Waals surface area (Å²) in [6.45, 7) is 4.78. The summed E-state index contributed by atoms with van der Waals surface area (Å²) in [7, 11) is 0. The number of aliphatic hydroxyl groups excluding tert-OH is 1. The van der Waals surface area contributed by atoms with Crippen molar-refractivity contribution in [2.45, 2.75) is 44.9 Å². The first-order chi connectivity index (χ1) is 8.13. The van der Waals surface area contributed by atoms with E-state index in [9.17, 15) is 5.11 Å². The summed E-state index contributed by atoms with van der Waals surface area (Å²) in [6, 6.07) is 10.2. The summed E-state index contributed by atoms with van der Waals surface area (Å²) in [5.74, 6) is 0. The van der Waals surface area contributed by atoms with Gasteiger partial charge in [0.1, 0.15) is 0 Å². The molecular formula is C14H24N2O. The lowest BCUT2D eigenvalue weighted by molar-refractivity contribution is 0.138. The molecule has 96 valence electrons. The highest BCUT2D eigenvalue weighted by molar-refractivity contribution is 5.16. The highest BCUT2D eigenvalue weighted by Crippen LogP contribution is 2.04. The topological polar surface area (TPSA) is 58.3 Å². The van der Waals surface area contributed by atoms with Crippen LogP contribution >= 0.6 is 0 Å².